The molecule has 3 nitrogen and oxygen atoms in total. The summed E-state index contributed by atoms with van der Waals surface area (Å²) >= 11 is 0. The van der Waals surface area contributed by atoms with E-state index in [2.05, 4.69) is 91.8 Å². The molecule has 4 rings (SSSR count). The molecule has 0 radical (unpaired) electrons. The normalized spacial score (nSPS) is 28.2. The van der Waals surface area contributed by atoms with Gasteiger partial charge >= 0.3 is 5.97 Å². The largest absolute Gasteiger partial charge is 0.481 e. The van der Waals surface area contributed by atoms with E-state index in [1.54, 1.807) is 0 Å². The summed E-state index contributed by atoms with van der Waals surface area (Å²) in [4.78, 5) is 11.9. The van der Waals surface area contributed by atoms with Crippen LogP contribution in [0.3, 0.4) is 0 Å². The highest BCUT2D eigenvalue weighted by atomic mass is 16.4. The fourth-order valence-electron chi connectivity index (χ4n) is 6.03. The summed E-state index contributed by atoms with van der Waals surface area (Å²) in [7, 11) is 0. The van der Waals surface area contributed by atoms with Gasteiger partial charge in [0.05, 0.1) is 5.41 Å². The van der Waals surface area contributed by atoms with Crippen molar-refractivity contribution in [1.29, 1.82) is 0 Å². The van der Waals surface area contributed by atoms with Crippen molar-refractivity contribution in [2.45, 2.75) is 129 Å². The highest BCUT2D eigenvalue weighted by Crippen LogP contribution is 2.43. The van der Waals surface area contributed by atoms with Crippen molar-refractivity contribution < 1.29 is 9.90 Å². The minimum absolute atomic E-state index is 0.0532. The zero-order valence-corrected chi connectivity index (χ0v) is 25.4. The summed E-state index contributed by atoms with van der Waals surface area (Å²) in [6, 6.07) is 17.2. The van der Waals surface area contributed by atoms with Crippen LogP contribution in [0.25, 0.3) is 0 Å². The van der Waals surface area contributed by atoms with Crippen LogP contribution in [-0.2, 0) is 26.6 Å². The topological polar surface area (TPSA) is 63.3 Å². The number of carbonyl (C=O) groups is 1. The number of hydrogen-bond donors (Lipinski definition) is 2. The maximum Gasteiger partial charge on any atom is 0.314 e. The van der Waals surface area contributed by atoms with Crippen LogP contribution >= 0.6 is 0 Å². The van der Waals surface area contributed by atoms with E-state index in [9.17, 15) is 9.90 Å². The lowest BCUT2D eigenvalue weighted by Crippen LogP contribution is -2.40. The molecule has 0 bridgehead atoms. The Morgan fingerprint density at radius 2 is 1.13 bits per heavy atom. The molecule has 0 amide bonds. The summed E-state index contributed by atoms with van der Waals surface area (Å²) in [5.74, 6) is 0.830. The van der Waals surface area contributed by atoms with Crippen LogP contribution in [0.2, 0.25) is 0 Å². The molecule has 2 aliphatic rings. The molecule has 3 N–H and O–H groups in total. The average molecular weight is 520 g/mol. The Morgan fingerprint density at radius 1 is 0.737 bits per heavy atom. The smallest absolute Gasteiger partial charge is 0.314 e. The molecular weight excluding hydrogens is 466 g/mol. The Hall–Kier alpha value is -2.13. The van der Waals surface area contributed by atoms with Gasteiger partial charge in [-0.3, -0.25) is 4.79 Å². The molecule has 2 saturated carbocycles. The van der Waals surface area contributed by atoms with Crippen LogP contribution < -0.4 is 5.73 Å². The number of hydrogen-bond acceptors (Lipinski definition) is 2. The molecular formula is C35H53NO2. The summed E-state index contributed by atoms with van der Waals surface area (Å²) < 4.78 is 0. The molecule has 0 saturated heterocycles. The third-order valence-electron chi connectivity index (χ3n) is 9.29. The quantitative estimate of drug-likeness (QED) is 0.425. The van der Waals surface area contributed by atoms with Crippen LogP contribution in [0.5, 0.6) is 0 Å². The molecule has 0 unspecified atom stereocenters. The second kappa shape index (κ2) is 11.5. The summed E-state index contributed by atoms with van der Waals surface area (Å²) in [6.45, 7) is 17.9. The van der Waals surface area contributed by atoms with Gasteiger partial charge in [0.2, 0.25) is 0 Å². The Labute approximate surface area is 232 Å². The second-order valence-corrected chi connectivity index (χ2v) is 14.6. The minimum Gasteiger partial charge on any atom is -0.481 e. The highest BCUT2D eigenvalue weighted by Gasteiger charge is 2.43. The zero-order chi connectivity index (χ0) is 28.4. The van der Waals surface area contributed by atoms with Crippen molar-refractivity contribution in [3.63, 3.8) is 0 Å². The zero-order valence-electron chi connectivity index (χ0n) is 25.4. The van der Waals surface area contributed by atoms with E-state index in [1.807, 2.05) is 12.1 Å². The Kier molecular flexibility index (Phi) is 9.24. The SMILES string of the molecule is CC1CCC(C(=O)O)(c2cccc(C(C)(C)C)c2)CC1.CC1CCC(N)(c2cccc(C(C)(C)C)c2)CC1. The van der Waals surface area contributed by atoms with Gasteiger partial charge in [0.25, 0.3) is 0 Å². The standard InChI is InChI=1S/C18H26O2.C17H27N/c1-13-8-10-18(11-9-13,16(19)20)15-7-5-6-14(12-15)17(2,3)4;1-13-8-10-17(18,11-9-13)15-7-5-6-14(12-15)16(2,3)4/h5-7,12-13H,8-11H2,1-4H3,(H,19,20);5-7,12-13H,8-11,18H2,1-4H3. The molecule has 3 heteroatoms. The van der Waals surface area contributed by atoms with Gasteiger partial charge in [-0.2, -0.15) is 0 Å². The first-order valence-corrected chi connectivity index (χ1v) is 14.8. The van der Waals surface area contributed by atoms with E-state index in [4.69, 9.17) is 5.73 Å². The lowest BCUT2D eigenvalue weighted by Gasteiger charge is -2.37. The van der Waals surface area contributed by atoms with Gasteiger partial charge < -0.3 is 10.8 Å². The van der Waals surface area contributed by atoms with Crippen molar-refractivity contribution in [2.24, 2.45) is 17.6 Å². The molecule has 210 valence electrons. The minimum atomic E-state index is -0.673. The number of aliphatic carboxylic acids is 1. The second-order valence-electron chi connectivity index (χ2n) is 14.6. The highest BCUT2D eigenvalue weighted by molar-refractivity contribution is 5.81. The number of carboxylic acids is 1. The van der Waals surface area contributed by atoms with Crippen molar-refractivity contribution in [3.05, 3.63) is 70.8 Å². The molecule has 0 aromatic heterocycles. The van der Waals surface area contributed by atoms with Gasteiger partial charge in [0, 0.05) is 5.54 Å². The van der Waals surface area contributed by atoms with Crippen molar-refractivity contribution in [3.8, 4) is 0 Å². The van der Waals surface area contributed by atoms with Crippen LogP contribution in [-0.4, -0.2) is 11.1 Å². The third-order valence-corrected chi connectivity index (χ3v) is 9.29. The molecule has 0 heterocycles. The molecule has 2 aromatic carbocycles. The molecule has 38 heavy (non-hydrogen) atoms. The predicted molar refractivity (Wildman–Crippen MR) is 161 cm³/mol. The predicted octanol–water partition coefficient (Wildman–Crippen LogP) is 8.86. The van der Waals surface area contributed by atoms with Crippen LogP contribution in [0, 0.1) is 11.8 Å². The molecule has 0 atom stereocenters. The third kappa shape index (κ3) is 7.08. The number of benzene rings is 2. The Morgan fingerprint density at radius 3 is 1.55 bits per heavy atom. The summed E-state index contributed by atoms with van der Waals surface area (Å²) in [6.07, 6.45) is 8.31. The van der Waals surface area contributed by atoms with Gasteiger partial charge in [-0.05, 0) is 96.3 Å². The van der Waals surface area contributed by atoms with Gasteiger partial charge in [0.1, 0.15) is 0 Å². The Balaban J connectivity index is 0.000000212. The number of rotatable bonds is 3. The average Bonchev–Trinajstić information content (AvgIpc) is 2.86. The van der Waals surface area contributed by atoms with E-state index in [-0.39, 0.29) is 16.4 Å². The van der Waals surface area contributed by atoms with E-state index in [0.29, 0.717) is 5.92 Å². The molecule has 0 spiro atoms. The summed E-state index contributed by atoms with van der Waals surface area (Å²) in [5, 5.41) is 9.82. The first-order valence-electron chi connectivity index (χ1n) is 14.8. The molecule has 2 aromatic rings. The van der Waals surface area contributed by atoms with Crippen molar-refractivity contribution in [1.82, 2.24) is 0 Å². The van der Waals surface area contributed by atoms with Crippen LogP contribution in [0.4, 0.5) is 0 Å². The first kappa shape index (κ1) is 30.4. The maximum atomic E-state index is 11.9. The van der Waals surface area contributed by atoms with Crippen LogP contribution in [0.15, 0.2) is 48.5 Å². The lowest BCUT2D eigenvalue weighted by atomic mass is 9.66. The Bertz CT molecular complexity index is 1070. The van der Waals surface area contributed by atoms with Gasteiger partial charge in [-0.15, -0.1) is 0 Å². The van der Waals surface area contributed by atoms with Gasteiger partial charge in [-0.25, -0.2) is 0 Å². The molecule has 2 fully saturated rings. The lowest BCUT2D eigenvalue weighted by molar-refractivity contribution is -0.145. The summed E-state index contributed by atoms with van der Waals surface area (Å²) in [5.41, 5.74) is 11.1. The fourth-order valence-corrected chi connectivity index (χ4v) is 6.03. The number of carboxylic acid groups (broad SMARTS) is 1. The van der Waals surface area contributed by atoms with Gasteiger partial charge in [-0.1, -0.05) is 104 Å². The van der Waals surface area contributed by atoms with Crippen molar-refractivity contribution >= 4 is 5.97 Å². The monoisotopic (exact) mass is 519 g/mol. The van der Waals surface area contributed by atoms with Crippen molar-refractivity contribution in [2.75, 3.05) is 0 Å². The fraction of sp³-hybridized carbons (Fsp3) is 0.629. The van der Waals surface area contributed by atoms with E-state index in [0.717, 1.165) is 50.0 Å². The van der Waals surface area contributed by atoms with Crippen LogP contribution in [0.1, 0.15) is 129 Å². The van der Waals surface area contributed by atoms with E-state index >= 15 is 0 Å². The molecule has 2 aliphatic carbocycles. The maximum absolute atomic E-state index is 11.9. The number of nitrogens with two attached hydrogens (primary N) is 1. The van der Waals surface area contributed by atoms with E-state index in [1.165, 1.54) is 29.5 Å². The first-order chi connectivity index (χ1) is 17.6. The molecule has 0 aliphatic heterocycles. The van der Waals surface area contributed by atoms with E-state index < -0.39 is 11.4 Å². The van der Waals surface area contributed by atoms with Gasteiger partial charge in [0.15, 0.2) is 0 Å².